The molecule has 0 heterocycles. The molecule has 0 radical (unpaired) electrons. The second kappa shape index (κ2) is 7.63. The highest BCUT2D eigenvalue weighted by Gasteiger charge is 2.04. The molecule has 0 saturated carbocycles. The van der Waals surface area contributed by atoms with E-state index in [1.165, 1.54) is 0 Å². The van der Waals surface area contributed by atoms with Gasteiger partial charge in [-0.05, 0) is 0 Å². The van der Waals surface area contributed by atoms with Crippen molar-refractivity contribution < 1.29 is 19.0 Å². The summed E-state index contributed by atoms with van der Waals surface area (Å²) in [7, 11) is 0. The fourth-order valence-electron chi connectivity index (χ4n) is 0.825. The monoisotopic (exact) mass is 197 g/mol. The summed E-state index contributed by atoms with van der Waals surface area (Å²) in [6.45, 7) is 1.27. The van der Waals surface area contributed by atoms with Gasteiger partial charge in [0.05, 0.1) is 19.0 Å². The van der Waals surface area contributed by atoms with Crippen molar-refractivity contribution in [1.29, 1.82) is 0 Å². The molecule has 0 saturated heterocycles. The summed E-state index contributed by atoms with van der Waals surface area (Å²) in [4.78, 5) is 1.73. The van der Waals surface area contributed by atoms with Gasteiger partial charge in [0.2, 0.25) is 0 Å². The summed E-state index contributed by atoms with van der Waals surface area (Å²) in [5, 5.41) is 17.1. The first-order valence-corrected chi connectivity index (χ1v) is 4.99. The van der Waals surface area contributed by atoms with Gasteiger partial charge in [0.1, 0.15) is 0 Å². The molecule has 0 aliphatic rings. The van der Waals surface area contributed by atoms with Gasteiger partial charge in [-0.3, -0.25) is 4.90 Å². The first kappa shape index (κ1) is 12.0. The van der Waals surface area contributed by atoms with E-state index in [2.05, 4.69) is 0 Å². The van der Waals surface area contributed by atoms with Gasteiger partial charge in [0.15, 0.2) is 11.1 Å². The van der Waals surface area contributed by atoms with Crippen LogP contribution in [0, 0.1) is 0 Å². The molecule has 0 amide bonds. The van der Waals surface area contributed by atoms with E-state index in [1.54, 1.807) is 4.90 Å². The van der Waals surface area contributed by atoms with Crippen LogP contribution in [0.2, 0.25) is 0 Å². The van der Waals surface area contributed by atoms with Crippen LogP contribution < -0.4 is 0 Å². The standard InChI is InChI=1S/C6H15NO4S/c8-4-1-7(2-5-9)3-6-12(10)11/h8-9H,1-6H2,(H,10,11). The SMILES string of the molecule is O=S(O)CCN(CCO)CCO. The Morgan fingerprint density at radius 2 is 1.58 bits per heavy atom. The third kappa shape index (κ3) is 6.68. The average molecular weight is 197 g/mol. The van der Waals surface area contributed by atoms with E-state index in [-0.39, 0.29) is 19.0 Å². The van der Waals surface area contributed by atoms with Crippen LogP contribution in [0.1, 0.15) is 0 Å². The molecule has 1 atom stereocenters. The second-order valence-corrected chi connectivity index (χ2v) is 3.37. The molecule has 0 spiro atoms. The van der Waals surface area contributed by atoms with E-state index in [1.807, 2.05) is 0 Å². The predicted octanol–water partition coefficient (Wildman–Crippen LogP) is -1.51. The summed E-state index contributed by atoms with van der Waals surface area (Å²) >= 11 is -1.80. The Morgan fingerprint density at radius 3 is 1.92 bits per heavy atom. The molecular weight excluding hydrogens is 182 g/mol. The van der Waals surface area contributed by atoms with Crippen molar-refractivity contribution in [3.63, 3.8) is 0 Å². The lowest BCUT2D eigenvalue weighted by molar-refractivity contribution is 0.167. The Kier molecular flexibility index (Phi) is 7.62. The minimum absolute atomic E-state index is 0.00192. The van der Waals surface area contributed by atoms with E-state index in [0.717, 1.165) is 0 Å². The number of hydrogen-bond acceptors (Lipinski definition) is 4. The fourth-order valence-corrected chi connectivity index (χ4v) is 1.24. The molecule has 74 valence electrons. The maximum atomic E-state index is 10.3. The van der Waals surface area contributed by atoms with Gasteiger partial charge >= 0.3 is 0 Å². The first-order valence-electron chi connectivity index (χ1n) is 3.72. The molecule has 0 aromatic rings. The van der Waals surface area contributed by atoms with Crippen LogP contribution in [0.4, 0.5) is 0 Å². The van der Waals surface area contributed by atoms with Crippen LogP contribution in [-0.2, 0) is 11.1 Å². The van der Waals surface area contributed by atoms with Crippen molar-refractivity contribution in [2.75, 3.05) is 38.6 Å². The highest BCUT2D eigenvalue weighted by Crippen LogP contribution is 1.87. The zero-order valence-corrected chi connectivity index (χ0v) is 7.66. The summed E-state index contributed by atoms with van der Waals surface area (Å²) in [6.07, 6.45) is 0. The molecule has 0 aliphatic heterocycles. The van der Waals surface area contributed by atoms with Gasteiger partial charge in [-0.15, -0.1) is 0 Å². The van der Waals surface area contributed by atoms with E-state index in [4.69, 9.17) is 14.8 Å². The zero-order chi connectivity index (χ0) is 9.40. The maximum Gasteiger partial charge on any atom is 0.154 e. The number of nitrogens with zero attached hydrogens (tertiary/aromatic N) is 1. The zero-order valence-electron chi connectivity index (χ0n) is 6.85. The highest BCUT2D eigenvalue weighted by molar-refractivity contribution is 7.79. The number of aliphatic hydroxyl groups excluding tert-OH is 2. The van der Waals surface area contributed by atoms with Gasteiger partial charge in [-0.25, -0.2) is 4.21 Å². The third-order valence-corrected chi connectivity index (χ3v) is 1.95. The number of aliphatic hydroxyl groups is 2. The number of hydrogen-bond donors (Lipinski definition) is 3. The first-order chi connectivity index (χ1) is 5.70. The number of rotatable bonds is 7. The summed E-state index contributed by atoms with van der Waals surface area (Å²) in [5.74, 6) is 0.153. The smallest absolute Gasteiger partial charge is 0.154 e. The summed E-state index contributed by atoms with van der Waals surface area (Å²) < 4.78 is 18.7. The molecule has 5 nitrogen and oxygen atoms in total. The molecule has 1 unspecified atom stereocenters. The summed E-state index contributed by atoms with van der Waals surface area (Å²) in [6, 6.07) is 0. The minimum atomic E-state index is -1.80. The van der Waals surface area contributed by atoms with Crippen LogP contribution in [0.3, 0.4) is 0 Å². The molecule has 0 fully saturated rings. The maximum absolute atomic E-state index is 10.3. The largest absolute Gasteiger partial charge is 0.395 e. The third-order valence-electron chi connectivity index (χ3n) is 1.41. The molecule has 0 aliphatic carbocycles. The molecule has 12 heavy (non-hydrogen) atoms. The molecule has 0 aromatic carbocycles. The molecule has 0 bridgehead atoms. The van der Waals surface area contributed by atoms with Crippen molar-refractivity contribution in [3.8, 4) is 0 Å². The Hall–Kier alpha value is -0.0100. The Morgan fingerprint density at radius 1 is 1.08 bits per heavy atom. The molecular formula is C6H15NO4S. The average Bonchev–Trinajstić information content (AvgIpc) is 2.01. The second-order valence-electron chi connectivity index (χ2n) is 2.31. The van der Waals surface area contributed by atoms with Crippen molar-refractivity contribution in [2.45, 2.75) is 0 Å². The Bertz CT molecular complexity index is 127. The van der Waals surface area contributed by atoms with E-state index in [0.29, 0.717) is 19.6 Å². The van der Waals surface area contributed by atoms with Crippen LogP contribution in [0.5, 0.6) is 0 Å². The van der Waals surface area contributed by atoms with E-state index in [9.17, 15) is 4.21 Å². The predicted molar refractivity (Wildman–Crippen MR) is 46.2 cm³/mol. The molecule has 0 aromatic heterocycles. The van der Waals surface area contributed by atoms with Crippen LogP contribution in [0.15, 0.2) is 0 Å². The van der Waals surface area contributed by atoms with Crippen molar-refractivity contribution in [3.05, 3.63) is 0 Å². The summed E-state index contributed by atoms with van der Waals surface area (Å²) in [5.41, 5.74) is 0. The van der Waals surface area contributed by atoms with Crippen molar-refractivity contribution in [2.24, 2.45) is 0 Å². The van der Waals surface area contributed by atoms with Gasteiger partial charge in [-0.1, -0.05) is 0 Å². The van der Waals surface area contributed by atoms with Crippen LogP contribution >= 0.6 is 0 Å². The van der Waals surface area contributed by atoms with Crippen molar-refractivity contribution in [1.82, 2.24) is 4.90 Å². The van der Waals surface area contributed by atoms with E-state index < -0.39 is 11.1 Å². The minimum Gasteiger partial charge on any atom is -0.395 e. The lowest BCUT2D eigenvalue weighted by Crippen LogP contribution is -2.33. The van der Waals surface area contributed by atoms with Crippen LogP contribution in [-0.4, -0.2) is 62.5 Å². The van der Waals surface area contributed by atoms with Crippen molar-refractivity contribution >= 4 is 11.1 Å². The fraction of sp³-hybridized carbons (Fsp3) is 1.00. The highest BCUT2D eigenvalue weighted by atomic mass is 32.2. The lowest BCUT2D eigenvalue weighted by atomic mass is 10.5. The Labute approximate surface area is 74.3 Å². The van der Waals surface area contributed by atoms with Crippen LogP contribution in [0.25, 0.3) is 0 Å². The quantitative estimate of drug-likeness (QED) is 0.433. The van der Waals surface area contributed by atoms with Gasteiger partial charge < -0.3 is 14.8 Å². The topological polar surface area (TPSA) is 81.0 Å². The lowest BCUT2D eigenvalue weighted by Gasteiger charge is -2.18. The Balaban J connectivity index is 3.54. The normalized spacial score (nSPS) is 13.7. The molecule has 6 heteroatoms. The van der Waals surface area contributed by atoms with Gasteiger partial charge in [0, 0.05) is 19.6 Å². The molecule has 3 N–H and O–H groups in total. The van der Waals surface area contributed by atoms with Gasteiger partial charge in [0.25, 0.3) is 0 Å². The molecule has 0 rings (SSSR count). The van der Waals surface area contributed by atoms with E-state index >= 15 is 0 Å². The van der Waals surface area contributed by atoms with Gasteiger partial charge in [-0.2, -0.15) is 0 Å².